The Morgan fingerprint density at radius 2 is 2.00 bits per heavy atom. The molecule has 0 bridgehead atoms. The molecule has 0 spiro atoms. The number of fused-ring (bicyclic) bond motifs is 1. The molecule has 0 saturated carbocycles. The molecule has 3 rings (SSSR count). The highest BCUT2D eigenvalue weighted by molar-refractivity contribution is 7.17. The number of carbonyl (C=O) groups is 2. The van der Waals surface area contributed by atoms with Crippen molar-refractivity contribution in [2.45, 2.75) is 6.42 Å². The molecular weight excluding hydrogens is 356 g/mol. The summed E-state index contributed by atoms with van der Waals surface area (Å²) in [6.07, 6.45) is 0.0595. The first-order valence-corrected chi connectivity index (χ1v) is 9.54. The van der Waals surface area contributed by atoms with Gasteiger partial charge in [0.15, 0.2) is 0 Å². The Balaban J connectivity index is 1.82. The molecule has 0 fully saturated rings. The molecule has 3 aromatic heterocycles. The van der Waals surface area contributed by atoms with Crippen LogP contribution in [0.5, 0.6) is 0 Å². The van der Waals surface area contributed by atoms with E-state index < -0.39 is 0 Å². The van der Waals surface area contributed by atoms with E-state index in [2.05, 4.69) is 15.3 Å². The van der Waals surface area contributed by atoms with Crippen molar-refractivity contribution in [3.05, 3.63) is 45.4 Å². The first kappa shape index (κ1) is 17.7. The van der Waals surface area contributed by atoms with Crippen molar-refractivity contribution in [3.63, 3.8) is 0 Å². The Labute approximate surface area is 153 Å². The van der Waals surface area contributed by atoms with Gasteiger partial charge in [0, 0.05) is 13.1 Å². The fourth-order valence-electron chi connectivity index (χ4n) is 2.29. The van der Waals surface area contributed by atoms with Crippen molar-refractivity contribution in [2.24, 2.45) is 0 Å². The van der Waals surface area contributed by atoms with Crippen LogP contribution in [-0.2, 0) is 11.2 Å². The smallest absolute Gasteiger partial charge is 0.227 e. The SMILES string of the molecule is CN(C)CCNC(=O)Cc1nc(C(=O)c2cccs2)c2sccc2n1. The lowest BCUT2D eigenvalue weighted by Gasteiger charge is -2.10. The van der Waals surface area contributed by atoms with E-state index in [0.29, 0.717) is 28.5 Å². The minimum absolute atomic E-state index is 0.0595. The first-order chi connectivity index (χ1) is 12.0. The van der Waals surface area contributed by atoms with Gasteiger partial charge >= 0.3 is 0 Å². The maximum absolute atomic E-state index is 12.7. The predicted octanol–water partition coefficient (Wildman–Crippen LogP) is 2.20. The van der Waals surface area contributed by atoms with Gasteiger partial charge in [-0.1, -0.05) is 6.07 Å². The average molecular weight is 374 g/mol. The summed E-state index contributed by atoms with van der Waals surface area (Å²) in [6.45, 7) is 1.33. The molecule has 0 unspecified atom stereocenters. The van der Waals surface area contributed by atoms with E-state index in [0.717, 1.165) is 11.2 Å². The van der Waals surface area contributed by atoms with Crippen LogP contribution in [0.25, 0.3) is 10.2 Å². The van der Waals surface area contributed by atoms with E-state index in [1.54, 1.807) is 6.07 Å². The van der Waals surface area contributed by atoms with Gasteiger partial charge in [-0.3, -0.25) is 9.59 Å². The van der Waals surface area contributed by atoms with Crippen LogP contribution in [-0.4, -0.2) is 53.7 Å². The highest BCUT2D eigenvalue weighted by Crippen LogP contribution is 2.25. The van der Waals surface area contributed by atoms with Gasteiger partial charge < -0.3 is 10.2 Å². The number of thiophene rings is 2. The van der Waals surface area contributed by atoms with Gasteiger partial charge in [-0.05, 0) is 37.0 Å². The van der Waals surface area contributed by atoms with Gasteiger partial charge in [-0.15, -0.1) is 22.7 Å². The second-order valence-electron chi connectivity index (χ2n) is 5.76. The van der Waals surface area contributed by atoms with Crippen LogP contribution in [0.1, 0.15) is 21.2 Å². The minimum atomic E-state index is -0.147. The van der Waals surface area contributed by atoms with Crippen molar-refractivity contribution in [1.82, 2.24) is 20.2 Å². The van der Waals surface area contributed by atoms with Gasteiger partial charge in [0.2, 0.25) is 11.7 Å². The Morgan fingerprint density at radius 3 is 2.72 bits per heavy atom. The molecule has 1 amide bonds. The molecule has 0 aliphatic rings. The van der Waals surface area contributed by atoms with Gasteiger partial charge in [-0.25, -0.2) is 9.97 Å². The van der Waals surface area contributed by atoms with Crippen LogP contribution < -0.4 is 5.32 Å². The predicted molar refractivity (Wildman–Crippen MR) is 100 cm³/mol. The Bertz CT molecular complexity index is 887. The lowest BCUT2D eigenvalue weighted by Crippen LogP contribution is -2.32. The van der Waals surface area contributed by atoms with Crippen LogP contribution >= 0.6 is 22.7 Å². The molecule has 0 radical (unpaired) electrons. The molecular formula is C17H18N4O2S2. The molecule has 3 aromatic rings. The third-order valence-corrected chi connectivity index (χ3v) is 5.29. The molecule has 130 valence electrons. The number of amides is 1. The normalized spacial score (nSPS) is 11.2. The molecule has 6 nitrogen and oxygen atoms in total. The zero-order chi connectivity index (χ0) is 17.8. The third kappa shape index (κ3) is 4.28. The average Bonchev–Trinajstić information content (AvgIpc) is 3.24. The van der Waals surface area contributed by atoms with E-state index in [-0.39, 0.29) is 18.1 Å². The molecule has 0 aliphatic carbocycles. The van der Waals surface area contributed by atoms with E-state index in [9.17, 15) is 9.59 Å². The van der Waals surface area contributed by atoms with Crippen molar-refractivity contribution in [1.29, 1.82) is 0 Å². The summed E-state index contributed by atoms with van der Waals surface area (Å²) in [6, 6.07) is 5.46. The quantitative estimate of drug-likeness (QED) is 0.642. The van der Waals surface area contributed by atoms with Crippen LogP contribution in [0.4, 0.5) is 0 Å². The van der Waals surface area contributed by atoms with Gasteiger partial charge in [-0.2, -0.15) is 0 Å². The van der Waals surface area contributed by atoms with Crippen molar-refractivity contribution in [2.75, 3.05) is 27.2 Å². The highest BCUT2D eigenvalue weighted by Gasteiger charge is 2.19. The van der Waals surface area contributed by atoms with Crippen molar-refractivity contribution >= 4 is 44.6 Å². The second-order valence-corrected chi connectivity index (χ2v) is 7.62. The molecule has 25 heavy (non-hydrogen) atoms. The maximum atomic E-state index is 12.7. The molecule has 8 heteroatoms. The zero-order valence-electron chi connectivity index (χ0n) is 14.0. The summed E-state index contributed by atoms with van der Waals surface area (Å²) in [5.74, 6) is 0.0956. The number of nitrogens with zero attached hydrogens (tertiary/aromatic N) is 3. The lowest BCUT2D eigenvalue weighted by atomic mass is 10.2. The first-order valence-electron chi connectivity index (χ1n) is 7.78. The topological polar surface area (TPSA) is 75.2 Å². The van der Waals surface area contributed by atoms with Crippen LogP contribution in [0, 0.1) is 0 Å². The number of hydrogen-bond acceptors (Lipinski definition) is 7. The maximum Gasteiger partial charge on any atom is 0.227 e. The largest absolute Gasteiger partial charge is 0.354 e. The lowest BCUT2D eigenvalue weighted by molar-refractivity contribution is -0.120. The van der Waals surface area contributed by atoms with E-state index in [4.69, 9.17) is 0 Å². The molecule has 0 aliphatic heterocycles. The Morgan fingerprint density at radius 1 is 1.16 bits per heavy atom. The summed E-state index contributed by atoms with van der Waals surface area (Å²) in [7, 11) is 3.89. The second kappa shape index (κ2) is 7.81. The van der Waals surface area contributed by atoms with E-state index in [1.807, 2.05) is 41.9 Å². The van der Waals surface area contributed by atoms with Crippen LogP contribution in [0.15, 0.2) is 29.0 Å². The fourth-order valence-corrected chi connectivity index (χ4v) is 3.78. The number of aromatic nitrogens is 2. The summed E-state index contributed by atoms with van der Waals surface area (Å²) in [5, 5.41) is 6.58. The number of nitrogens with one attached hydrogen (secondary N) is 1. The van der Waals surface area contributed by atoms with Crippen molar-refractivity contribution < 1.29 is 9.59 Å². The molecule has 1 N–H and O–H groups in total. The van der Waals surface area contributed by atoms with Gasteiger partial charge in [0.1, 0.15) is 11.5 Å². The number of hydrogen-bond donors (Lipinski definition) is 1. The summed E-state index contributed by atoms with van der Waals surface area (Å²) in [5.41, 5.74) is 1.08. The fraction of sp³-hybridized carbons (Fsp3) is 0.294. The summed E-state index contributed by atoms with van der Waals surface area (Å²) >= 11 is 2.82. The summed E-state index contributed by atoms with van der Waals surface area (Å²) in [4.78, 5) is 36.3. The van der Waals surface area contributed by atoms with E-state index >= 15 is 0 Å². The molecule has 0 aromatic carbocycles. The van der Waals surface area contributed by atoms with Gasteiger partial charge in [0.25, 0.3) is 0 Å². The third-order valence-electron chi connectivity index (χ3n) is 3.51. The van der Waals surface area contributed by atoms with Gasteiger partial charge in [0.05, 0.1) is 21.5 Å². The molecule has 3 heterocycles. The zero-order valence-corrected chi connectivity index (χ0v) is 15.6. The minimum Gasteiger partial charge on any atom is -0.354 e. The number of carbonyl (C=O) groups excluding carboxylic acids is 2. The molecule has 0 saturated heterocycles. The van der Waals surface area contributed by atoms with Crippen molar-refractivity contribution in [3.8, 4) is 0 Å². The van der Waals surface area contributed by atoms with Crippen LogP contribution in [0.2, 0.25) is 0 Å². The Kier molecular flexibility index (Phi) is 5.52. The monoisotopic (exact) mass is 374 g/mol. The Hall–Kier alpha value is -2.16. The highest BCUT2D eigenvalue weighted by atomic mass is 32.1. The molecule has 0 atom stereocenters. The number of ketones is 1. The summed E-state index contributed by atoms with van der Waals surface area (Å²) < 4.78 is 0.759. The van der Waals surface area contributed by atoms with Crippen LogP contribution in [0.3, 0.4) is 0 Å². The van der Waals surface area contributed by atoms with E-state index in [1.165, 1.54) is 22.7 Å². The number of likely N-dealkylation sites (N-methyl/N-ethyl adjacent to an activating group) is 1. The number of rotatable bonds is 7. The standard InChI is InChI=1S/C17H18N4O2S2/c1-21(2)7-6-18-14(22)10-13-19-11-5-9-25-17(11)15(20-13)16(23)12-4-3-8-24-12/h3-5,8-9H,6-7,10H2,1-2H3,(H,18,22).